The first kappa shape index (κ1) is 18.1. The van der Waals surface area contributed by atoms with Gasteiger partial charge >= 0.3 is 0 Å². The number of hydrogen-bond donors (Lipinski definition) is 2. The summed E-state index contributed by atoms with van der Waals surface area (Å²) < 4.78 is 10.5. The van der Waals surface area contributed by atoms with Gasteiger partial charge in [-0.3, -0.25) is 14.9 Å². The van der Waals surface area contributed by atoms with Gasteiger partial charge in [0.05, 0.1) is 30.9 Å². The normalized spacial score (nSPS) is 10.0. The Morgan fingerprint density at radius 3 is 2.52 bits per heavy atom. The molecule has 132 valence electrons. The maximum atomic E-state index is 12.0. The van der Waals surface area contributed by atoms with E-state index in [0.717, 1.165) is 5.75 Å². The molecule has 0 bridgehead atoms. The number of hydrogen-bond acceptors (Lipinski definition) is 6. The highest BCUT2D eigenvalue weighted by Crippen LogP contribution is 2.28. The first-order valence-electron chi connectivity index (χ1n) is 7.62. The van der Waals surface area contributed by atoms with Gasteiger partial charge in [-0.2, -0.15) is 0 Å². The number of methoxy groups -OCH3 is 1. The van der Waals surface area contributed by atoms with Crippen molar-refractivity contribution < 1.29 is 19.2 Å². The zero-order valence-corrected chi connectivity index (χ0v) is 13.9. The van der Waals surface area contributed by atoms with Gasteiger partial charge in [0, 0.05) is 17.8 Å². The molecule has 8 heteroatoms. The van der Waals surface area contributed by atoms with E-state index >= 15 is 0 Å². The van der Waals surface area contributed by atoms with Crippen LogP contribution in [0.25, 0.3) is 0 Å². The van der Waals surface area contributed by atoms with E-state index in [1.54, 1.807) is 24.3 Å². The van der Waals surface area contributed by atoms with E-state index in [4.69, 9.17) is 9.47 Å². The molecule has 1 amide bonds. The van der Waals surface area contributed by atoms with E-state index in [1.165, 1.54) is 25.3 Å². The smallest absolute Gasteiger partial charge is 0.271 e. The van der Waals surface area contributed by atoms with Crippen LogP contribution in [-0.2, 0) is 4.79 Å². The molecule has 0 saturated carbocycles. The average Bonchev–Trinajstić information content (AvgIpc) is 2.61. The number of anilines is 2. The van der Waals surface area contributed by atoms with Gasteiger partial charge in [-0.15, -0.1) is 0 Å². The van der Waals surface area contributed by atoms with Crippen molar-refractivity contribution in [3.8, 4) is 11.5 Å². The van der Waals surface area contributed by atoms with Crippen molar-refractivity contribution in [3.05, 3.63) is 52.6 Å². The van der Waals surface area contributed by atoms with Gasteiger partial charge in [0.1, 0.15) is 11.5 Å². The van der Waals surface area contributed by atoms with E-state index in [1.807, 2.05) is 6.92 Å². The summed E-state index contributed by atoms with van der Waals surface area (Å²) in [6.07, 6.45) is 0. The summed E-state index contributed by atoms with van der Waals surface area (Å²) in [5.41, 5.74) is 0.912. The molecule has 2 N–H and O–H groups in total. The lowest BCUT2D eigenvalue weighted by molar-refractivity contribution is -0.384. The Hall–Kier alpha value is -3.29. The Labute approximate surface area is 144 Å². The van der Waals surface area contributed by atoms with Crippen LogP contribution in [0.3, 0.4) is 0 Å². The first-order chi connectivity index (χ1) is 12.0. The quantitative estimate of drug-likeness (QED) is 0.563. The number of amides is 1. The SMILES string of the molecule is CCOc1ccc(NC(=O)CNc2cc([N+](=O)[O-])ccc2OC)cc1. The second kappa shape index (κ2) is 8.53. The highest BCUT2D eigenvalue weighted by molar-refractivity contribution is 5.94. The van der Waals surface area contributed by atoms with Gasteiger partial charge < -0.3 is 20.1 Å². The zero-order valence-electron chi connectivity index (χ0n) is 13.9. The third kappa shape index (κ3) is 5.10. The lowest BCUT2D eigenvalue weighted by atomic mass is 10.2. The van der Waals surface area contributed by atoms with Crippen LogP contribution in [0.5, 0.6) is 11.5 Å². The third-order valence-electron chi connectivity index (χ3n) is 3.28. The minimum absolute atomic E-state index is 0.0647. The van der Waals surface area contributed by atoms with Crippen molar-refractivity contribution in [1.29, 1.82) is 0 Å². The maximum Gasteiger partial charge on any atom is 0.271 e. The number of rotatable bonds is 8. The summed E-state index contributed by atoms with van der Waals surface area (Å²) in [5.74, 6) is 0.845. The molecule has 0 heterocycles. The van der Waals surface area contributed by atoms with Crippen LogP contribution in [-0.4, -0.2) is 31.1 Å². The Morgan fingerprint density at radius 1 is 1.20 bits per heavy atom. The summed E-state index contributed by atoms with van der Waals surface area (Å²) >= 11 is 0. The second-order valence-electron chi connectivity index (χ2n) is 5.00. The summed E-state index contributed by atoms with van der Waals surface area (Å²) in [5, 5.41) is 16.4. The van der Waals surface area contributed by atoms with Gasteiger partial charge in [0.25, 0.3) is 5.69 Å². The predicted molar refractivity (Wildman–Crippen MR) is 94.4 cm³/mol. The standard InChI is InChI=1S/C17H19N3O5/c1-3-25-14-7-4-12(5-8-14)19-17(21)11-18-15-10-13(20(22)23)6-9-16(15)24-2/h4-10,18H,3,11H2,1-2H3,(H,19,21). The molecule has 0 radical (unpaired) electrons. The van der Waals surface area contributed by atoms with Crippen LogP contribution in [0.4, 0.5) is 17.1 Å². The van der Waals surface area contributed by atoms with E-state index < -0.39 is 4.92 Å². The highest BCUT2D eigenvalue weighted by atomic mass is 16.6. The number of carbonyl (C=O) groups excluding carboxylic acids is 1. The lowest BCUT2D eigenvalue weighted by Crippen LogP contribution is -2.22. The molecule has 2 rings (SSSR count). The Balaban J connectivity index is 1.97. The Bertz CT molecular complexity index is 746. The van der Waals surface area contributed by atoms with E-state index in [-0.39, 0.29) is 18.1 Å². The van der Waals surface area contributed by atoms with Crippen molar-refractivity contribution >= 4 is 23.0 Å². The number of carbonyl (C=O) groups is 1. The molecule has 0 atom stereocenters. The van der Waals surface area contributed by atoms with E-state index in [9.17, 15) is 14.9 Å². The summed E-state index contributed by atoms with van der Waals surface area (Å²) in [7, 11) is 1.45. The molecule has 2 aromatic rings. The molecule has 2 aromatic carbocycles. The zero-order chi connectivity index (χ0) is 18.2. The third-order valence-corrected chi connectivity index (χ3v) is 3.28. The Kier molecular flexibility index (Phi) is 6.16. The number of benzene rings is 2. The monoisotopic (exact) mass is 345 g/mol. The minimum atomic E-state index is -0.509. The number of nitrogens with one attached hydrogen (secondary N) is 2. The summed E-state index contributed by atoms with van der Waals surface area (Å²) in [4.78, 5) is 22.4. The predicted octanol–water partition coefficient (Wildman–Crippen LogP) is 3.05. The van der Waals surface area contributed by atoms with Crippen LogP contribution < -0.4 is 20.1 Å². The van der Waals surface area contributed by atoms with Crippen molar-refractivity contribution in [3.63, 3.8) is 0 Å². The molecular weight excluding hydrogens is 326 g/mol. The average molecular weight is 345 g/mol. The van der Waals surface area contributed by atoms with Gasteiger partial charge in [-0.05, 0) is 37.3 Å². The van der Waals surface area contributed by atoms with Gasteiger partial charge in [-0.25, -0.2) is 0 Å². The fraction of sp³-hybridized carbons (Fsp3) is 0.235. The molecule has 25 heavy (non-hydrogen) atoms. The van der Waals surface area contributed by atoms with Crippen LogP contribution in [0, 0.1) is 10.1 Å². The van der Waals surface area contributed by atoms with Gasteiger partial charge in [-0.1, -0.05) is 0 Å². The summed E-state index contributed by atoms with van der Waals surface area (Å²) in [6.45, 7) is 2.40. The topological polar surface area (TPSA) is 103 Å². The second-order valence-corrected chi connectivity index (χ2v) is 5.00. The number of nitro benzene ring substituents is 1. The number of non-ortho nitro benzene ring substituents is 1. The maximum absolute atomic E-state index is 12.0. The van der Waals surface area contributed by atoms with E-state index in [2.05, 4.69) is 10.6 Å². The van der Waals surface area contributed by atoms with Crippen molar-refractivity contribution in [2.24, 2.45) is 0 Å². The molecule has 0 unspecified atom stereocenters. The highest BCUT2D eigenvalue weighted by Gasteiger charge is 2.12. The van der Waals surface area contributed by atoms with Crippen LogP contribution >= 0.6 is 0 Å². The molecule has 0 aliphatic rings. The van der Waals surface area contributed by atoms with Crippen molar-refractivity contribution in [1.82, 2.24) is 0 Å². The number of nitrogens with zero attached hydrogens (tertiary/aromatic N) is 1. The minimum Gasteiger partial charge on any atom is -0.495 e. The molecule has 0 aliphatic carbocycles. The largest absolute Gasteiger partial charge is 0.495 e. The van der Waals surface area contributed by atoms with Gasteiger partial charge in [0.2, 0.25) is 5.91 Å². The Morgan fingerprint density at radius 2 is 1.92 bits per heavy atom. The lowest BCUT2D eigenvalue weighted by Gasteiger charge is -2.11. The van der Waals surface area contributed by atoms with E-state index in [0.29, 0.717) is 23.7 Å². The molecule has 8 nitrogen and oxygen atoms in total. The molecule has 0 aromatic heterocycles. The first-order valence-corrected chi connectivity index (χ1v) is 7.62. The van der Waals surface area contributed by atoms with Crippen LogP contribution in [0.1, 0.15) is 6.92 Å². The fourth-order valence-corrected chi connectivity index (χ4v) is 2.13. The van der Waals surface area contributed by atoms with Gasteiger partial charge in [0.15, 0.2) is 0 Å². The molecule has 0 fully saturated rings. The van der Waals surface area contributed by atoms with Crippen molar-refractivity contribution in [2.75, 3.05) is 30.9 Å². The van der Waals surface area contributed by atoms with Crippen molar-refractivity contribution in [2.45, 2.75) is 6.92 Å². The number of nitro groups is 1. The summed E-state index contributed by atoms with van der Waals surface area (Å²) in [6, 6.07) is 11.1. The number of ether oxygens (including phenoxy) is 2. The molecule has 0 spiro atoms. The van der Waals surface area contributed by atoms with Crippen LogP contribution in [0.15, 0.2) is 42.5 Å². The molecule has 0 saturated heterocycles. The molecule has 0 aliphatic heterocycles. The van der Waals surface area contributed by atoms with Crippen LogP contribution in [0.2, 0.25) is 0 Å². The fourth-order valence-electron chi connectivity index (χ4n) is 2.13. The molecular formula is C17H19N3O5.